The van der Waals surface area contributed by atoms with Crippen LogP contribution in [0.15, 0.2) is 36.5 Å². The molecule has 0 spiro atoms. The molecule has 0 saturated heterocycles. The van der Waals surface area contributed by atoms with Crippen molar-refractivity contribution in [3.8, 4) is 0 Å². The second kappa shape index (κ2) is 5.21. The molecular weight excluding hydrogens is 230 g/mol. The molecular formula is C14H19NO3. The Morgan fingerprint density at radius 3 is 2.67 bits per heavy atom. The van der Waals surface area contributed by atoms with Crippen LogP contribution in [0.25, 0.3) is 0 Å². The third kappa shape index (κ3) is 2.53. The second-order valence-corrected chi connectivity index (χ2v) is 4.80. The largest absolute Gasteiger partial charge is 0.467 e. The van der Waals surface area contributed by atoms with Crippen molar-refractivity contribution in [2.75, 3.05) is 7.11 Å². The summed E-state index contributed by atoms with van der Waals surface area (Å²) in [5.41, 5.74) is -0.233. The standard InChI is InChI=1S/C14H19NO3/c1-6-11-8-14(7-9(2)3,13(17)18-5)15-12(16)10(11)4/h6,8-9H,1,4,7H2,2-3,5H3,(H,15,16). The number of methoxy groups -OCH3 is 1. The summed E-state index contributed by atoms with van der Waals surface area (Å²) in [5.74, 6) is -0.618. The van der Waals surface area contributed by atoms with Gasteiger partial charge in [0, 0.05) is 5.57 Å². The highest BCUT2D eigenvalue weighted by molar-refractivity contribution is 6.04. The van der Waals surface area contributed by atoms with Crippen LogP contribution >= 0.6 is 0 Å². The van der Waals surface area contributed by atoms with Crippen LogP contribution in [0.1, 0.15) is 20.3 Å². The lowest BCUT2D eigenvalue weighted by molar-refractivity contribution is -0.149. The average Bonchev–Trinajstić information content (AvgIpc) is 2.31. The molecule has 1 N–H and O–H groups in total. The van der Waals surface area contributed by atoms with Crippen LogP contribution in [0.4, 0.5) is 0 Å². The van der Waals surface area contributed by atoms with Crippen LogP contribution in [0.3, 0.4) is 0 Å². The Balaban J connectivity index is 3.30. The van der Waals surface area contributed by atoms with Crippen LogP contribution in [0.2, 0.25) is 0 Å². The SMILES string of the molecule is C=CC1=CC(CC(C)C)(C(=O)OC)NC(=O)C1=C. The van der Waals surface area contributed by atoms with Crippen molar-refractivity contribution in [1.82, 2.24) is 5.32 Å². The molecule has 0 saturated carbocycles. The quantitative estimate of drug-likeness (QED) is 0.610. The van der Waals surface area contributed by atoms with Crippen molar-refractivity contribution in [3.05, 3.63) is 36.5 Å². The molecule has 4 heteroatoms. The number of rotatable bonds is 4. The normalized spacial score (nSPS) is 23.4. The molecule has 0 aromatic carbocycles. The summed E-state index contributed by atoms with van der Waals surface area (Å²) >= 11 is 0. The third-order valence-corrected chi connectivity index (χ3v) is 2.86. The van der Waals surface area contributed by atoms with Crippen molar-refractivity contribution < 1.29 is 14.3 Å². The Morgan fingerprint density at radius 2 is 2.22 bits per heavy atom. The van der Waals surface area contributed by atoms with Gasteiger partial charge >= 0.3 is 5.97 Å². The van der Waals surface area contributed by atoms with E-state index in [0.717, 1.165) is 0 Å². The monoisotopic (exact) mass is 249 g/mol. The molecule has 1 heterocycles. The number of hydrogen-bond donors (Lipinski definition) is 1. The van der Waals surface area contributed by atoms with E-state index in [0.29, 0.717) is 17.6 Å². The summed E-state index contributed by atoms with van der Waals surface area (Å²) in [6, 6.07) is 0. The molecule has 0 bridgehead atoms. The Labute approximate surface area is 107 Å². The molecule has 0 radical (unpaired) electrons. The maximum absolute atomic E-state index is 12.0. The minimum Gasteiger partial charge on any atom is -0.467 e. The molecule has 1 aliphatic heterocycles. The molecule has 1 rings (SSSR count). The van der Waals surface area contributed by atoms with Gasteiger partial charge in [0.05, 0.1) is 7.11 Å². The van der Waals surface area contributed by atoms with Gasteiger partial charge in [-0.05, 0) is 24.0 Å². The summed E-state index contributed by atoms with van der Waals surface area (Å²) in [5, 5.41) is 2.69. The highest BCUT2D eigenvalue weighted by atomic mass is 16.5. The van der Waals surface area contributed by atoms with Gasteiger partial charge in [0.25, 0.3) is 5.91 Å². The maximum atomic E-state index is 12.0. The summed E-state index contributed by atoms with van der Waals surface area (Å²) in [6.07, 6.45) is 3.67. The van der Waals surface area contributed by atoms with Gasteiger partial charge in [0.2, 0.25) is 0 Å². The average molecular weight is 249 g/mol. The molecule has 0 aliphatic carbocycles. The Bertz CT molecular complexity index is 434. The van der Waals surface area contributed by atoms with Crippen molar-refractivity contribution in [1.29, 1.82) is 0 Å². The van der Waals surface area contributed by atoms with E-state index < -0.39 is 11.5 Å². The highest BCUT2D eigenvalue weighted by Gasteiger charge is 2.43. The van der Waals surface area contributed by atoms with E-state index in [1.165, 1.54) is 13.2 Å². The molecule has 1 atom stereocenters. The smallest absolute Gasteiger partial charge is 0.335 e. The molecule has 0 aromatic rings. The number of nitrogens with one attached hydrogen (secondary N) is 1. The fourth-order valence-electron chi connectivity index (χ4n) is 2.11. The molecule has 0 aromatic heterocycles. The maximum Gasteiger partial charge on any atom is 0.335 e. The van der Waals surface area contributed by atoms with Crippen LogP contribution in [0.5, 0.6) is 0 Å². The minimum atomic E-state index is -1.12. The lowest BCUT2D eigenvalue weighted by Gasteiger charge is -2.35. The van der Waals surface area contributed by atoms with E-state index in [-0.39, 0.29) is 11.8 Å². The van der Waals surface area contributed by atoms with Gasteiger partial charge in [0.15, 0.2) is 5.54 Å². The number of esters is 1. The van der Waals surface area contributed by atoms with Gasteiger partial charge in [-0.25, -0.2) is 4.79 Å². The van der Waals surface area contributed by atoms with E-state index in [2.05, 4.69) is 18.5 Å². The highest BCUT2D eigenvalue weighted by Crippen LogP contribution is 2.28. The van der Waals surface area contributed by atoms with E-state index in [9.17, 15) is 9.59 Å². The van der Waals surface area contributed by atoms with Crippen molar-refractivity contribution in [2.24, 2.45) is 5.92 Å². The lowest BCUT2D eigenvalue weighted by Crippen LogP contribution is -2.57. The fraction of sp³-hybridized carbons (Fsp3) is 0.429. The zero-order valence-electron chi connectivity index (χ0n) is 11.1. The Morgan fingerprint density at radius 1 is 1.61 bits per heavy atom. The Kier molecular flexibility index (Phi) is 4.11. The molecule has 1 amide bonds. The summed E-state index contributed by atoms with van der Waals surface area (Å²) in [6.45, 7) is 11.3. The number of carbonyl (C=O) groups is 2. The summed E-state index contributed by atoms with van der Waals surface area (Å²) in [7, 11) is 1.31. The first-order valence-electron chi connectivity index (χ1n) is 5.81. The van der Waals surface area contributed by atoms with Crippen LogP contribution in [0, 0.1) is 5.92 Å². The summed E-state index contributed by atoms with van der Waals surface area (Å²) in [4.78, 5) is 23.9. The van der Waals surface area contributed by atoms with Gasteiger partial charge < -0.3 is 10.1 Å². The lowest BCUT2D eigenvalue weighted by atomic mass is 9.82. The van der Waals surface area contributed by atoms with E-state index in [1.807, 2.05) is 13.8 Å². The molecule has 18 heavy (non-hydrogen) atoms. The first-order chi connectivity index (χ1) is 8.36. The topological polar surface area (TPSA) is 55.4 Å². The number of ether oxygens (including phenoxy) is 1. The van der Waals surface area contributed by atoms with Crippen molar-refractivity contribution in [3.63, 3.8) is 0 Å². The van der Waals surface area contributed by atoms with E-state index in [1.54, 1.807) is 6.08 Å². The van der Waals surface area contributed by atoms with Gasteiger partial charge in [-0.15, -0.1) is 0 Å². The first kappa shape index (κ1) is 14.2. The van der Waals surface area contributed by atoms with Gasteiger partial charge in [-0.1, -0.05) is 33.1 Å². The van der Waals surface area contributed by atoms with Gasteiger partial charge in [-0.2, -0.15) is 0 Å². The molecule has 1 aliphatic rings. The predicted octanol–water partition coefficient (Wildman–Crippen LogP) is 1.74. The second-order valence-electron chi connectivity index (χ2n) is 4.80. The predicted molar refractivity (Wildman–Crippen MR) is 69.8 cm³/mol. The van der Waals surface area contributed by atoms with Crippen LogP contribution in [-0.2, 0) is 14.3 Å². The molecule has 1 unspecified atom stereocenters. The van der Waals surface area contributed by atoms with E-state index in [4.69, 9.17) is 4.74 Å². The number of amides is 1. The van der Waals surface area contributed by atoms with Crippen molar-refractivity contribution >= 4 is 11.9 Å². The number of allylic oxidation sites excluding steroid dienone is 1. The first-order valence-corrected chi connectivity index (χ1v) is 5.81. The van der Waals surface area contributed by atoms with Crippen LogP contribution in [-0.4, -0.2) is 24.5 Å². The zero-order chi connectivity index (χ0) is 13.9. The van der Waals surface area contributed by atoms with Gasteiger partial charge in [0.1, 0.15) is 0 Å². The number of carbonyl (C=O) groups excluding carboxylic acids is 2. The number of hydrogen-bond acceptors (Lipinski definition) is 3. The Hall–Kier alpha value is -1.84. The molecule has 98 valence electrons. The minimum absolute atomic E-state index is 0.220. The van der Waals surface area contributed by atoms with Crippen LogP contribution < -0.4 is 5.32 Å². The summed E-state index contributed by atoms with van der Waals surface area (Å²) < 4.78 is 4.81. The van der Waals surface area contributed by atoms with Crippen molar-refractivity contribution in [2.45, 2.75) is 25.8 Å². The third-order valence-electron chi connectivity index (χ3n) is 2.86. The molecule has 0 fully saturated rings. The molecule has 4 nitrogen and oxygen atoms in total. The fourth-order valence-corrected chi connectivity index (χ4v) is 2.11. The van der Waals surface area contributed by atoms with E-state index >= 15 is 0 Å². The van der Waals surface area contributed by atoms with Gasteiger partial charge in [-0.3, -0.25) is 4.79 Å². The zero-order valence-corrected chi connectivity index (χ0v) is 11.1.